The van der Waals surface area contributed by atoms with E-state index in [4.69, 9.17) is 4.74 Å². The summed E-state index contributed by atoms with van der Waals surface area (Å²) in [4.78, 5) is 13.4. The summed E-state index contributed by atoms with van der Waals surface area (Å²) < 4.78 is 4.80. The van der Waals surface area contributed by atoms with Crippen LogP contribution >= 0.6 is 0 Å². The quantitative estimate of drug-likeness (QED) is 0.646. The summed E-state index contributed by atoms with van der Waals surface area (Å²) in [7, 11) is 3.58. The van der Waals surface area contributed by atoms with Gasteiger partial charge in [0.25, 0.3) is 0 Å². The molecule has 14 heavy (non-hydrogen) atoms. The molecule has 0 unspecified atom stereocenters. The Hall–Kier alpha value is -0.410. The van der Waals surface area contributed by atoms with Crippen molar-refractivity contribution in [2.24, 2.45) is 5.92 Å². The van der Waals surface area contributed by atoms with E-state index in [1.54, 1.807) is 7.11 Å². The van der Waals surface area contributed by atoms with Gasteiger partial charge in [-0.05, 0) is 25.8 Å². The molecular weight excluding hydrogens is 178 g/mol. The third kappa shape index (κ3) is 4.20. The van der Waals surface area contributed by atoms with Crippen LogP contribution in [0.4, 0.5) is 0 Å². The molecule has 0 saturated heterocycles. The summed E-state index contributed by atoms with van der Waals surface area (Å²) in [5.41, 5.74) is 0. The van der Waals surface area contributed by atoms with Crippen LogP contribution in [0.15, 0.2) is 0 Å². The molecule has 0 aromatic heterocycles. The molecule has 0 aromatic carbocycles. The summed E-state index contributed by atoms with van der Waals surface area (Å²) in [6.45, 7) is 1.84. The number of rotatable bonds is 6. The van der Waals surface area contributed by atoms with Crippen LogP contribution in [0.25, 0.3) is 0 Å². The van der Waals surface area contributed by atoms with Gasteiger partial charge in [0.2, 0.25) is 0 Å². The average Bonchev–Trinajstić information content (AvgIpc) is 2.56. The summed E-state index contributed by atoms with van der Waals surface area (Å²) >= 11 is 0. The number of likely N-dealkylation sites (N-methyl/N-ethyl adjacent to an activating group) is 1. The molecule has 1 saturated carbocycles. The van der Waals surface area contributed by atoms with Crippen LogP contribution in [-0.4, -0.2) is 44.5 Å². The molecule has 0 atom stereocenters. The molecule has 0 bridgehead atoms. The maximum absolute atomic E-state index is 11.3. The topological polar surface area (TPSA) is 29.5 Å². The van der Waals surface area contributed by atoms with E-state index in [1.807, 2.05) is 7.05 Å². The first-order valence-electron chi connectivity index (χ1n) is 5.41. The van der Waals surface area contributed by atoms with Gasteiger partial charge in [-0.1, -0.05) is 12.8 Å². The molecule has 0 heterocycles. The van der Waals surface area contributed by atoms with Crippen molar-refractivity contribution in [3.8, 4) is 0 Å². The highest BCUT2D eigenvalue weighted by molar-refractivity contribution is 5.81. The fourth-order valence-corrected chi connectivity index (χ4v) is 2.21. The minimum absolute atomic E-state index is 0.174. The fourth-order valence-electron chi connectivity index (χ4n) is 2.21. The van der Waals surface area contributed by atoms with Crippen LogP contribution in [0.1, 0.15) is 25.7 Å². The van der Waals surface area contributed by atoms with Crippen molar-refractivity contribution >= 4 is 5.78 Å². The van der Waals surface area contributed by atoms with E-state index >= 15 is 0 Å². The SMILES string of the molecule is COCC(=O)CN(C)CC1CCCC1. The monoisotopic (exact) mass is 199 g/mol. The zero-order chi connectivity index (χ0) is 10.4. The zero-order valence-electron chi connectivity index (χ0n) is 9.29. The lowest BCUT2D eigenvalue weighted by Gasteiger charge is -2.19. The number of carbonyl (C=O) groups excluding carboxylic acids is 1. The second-order valence-electron chi connectivity index (χ2n) is 4.32. The van der Waals surface area contributed by atoms with Crippen molar-refractivity contribution < 1.29 is 9.53 Å². The molecule has 0 N–H and O–H groups in total. The largest absolute Gasteiger partial charge is 0.377 e. The van der Waals surface area contributed by atoms with Gasteiger partial charge < -0.3 is 4.74 Å². The van der Waals surface area contributed by atoms with Crippen molar-refractivity contribution in [3.63, 3.8) is 0 Å². The fraction of sp³-hybridized carbons (Fsp3) is 0.909. The van der Waals surface area contributed by atoms with Gasteiger partial charge in [-0.3, -0.25) is 9.69 Å². The standard InChI is InChI=1S/C11H21NO2/c1-12(8-11(13)9-14-2)7-10-5-3-4-6-10/h10H,3-9H2,1-2H3. The molecular formula is C11H21NO2. The molecule has 1 aliphatic rings. The second kappa shape index (κ2) is 6.14. The third-order valence-electron chi connectivity index (χ3n) is 2.80. The van der Waals surface area contributed by atoms with Crippen molar-refractivity contribution in [1.29, 1.82) is 0 Å². The molecule has 82 valence electrons. The highest BCUT2D eigenvalue weighted by Crippen LogP contribution is 2.24. The maximum Gasteiger partial charge on any atom is 0.172 e. The highest BCUT2D eigenvalue weighted by Gasteiger charge is 2.17. The number of methoxy groups -OCH3 is 1. The number of ketones is 1. The summed E-state index contributed by atoms with van der Waals surface area (Å²) in [6, 6.07) is 0. The summed E-state index contributed by atoms with van der Waals surface area (Å²) in [6.07, 6.45) is 5.40. The smallest absolute Gasteiger partial charge is 0.172 e. The van der Waals surface area contributed by atoms with Crippen LogP contribution in [-0.2, 0) is 9.53 Å². The molecule has 1 aliphatic carbocycles. The zero-order valence-corrected chi connectivity index (χ0v) is 9.29. The third-order valence-corrected chi connectivity index (χ3v) is 2.80. The number of hydrogen-bond donors (Lipinski definition) is 0. The van der Waals surface area contributed by atoms with Crippen molar-refractivity contribution in [3.05, 3.63) is 0 Å². The highest BCUT2D eigenvalue weighted by atomic mass is 16.5. The molecule has 1 rings (SSSR count). The molecule has 3 heteroatoms. The number of nitrogens with zero attached hydrogens (tertiary/aromatic N) is 1. The van der Waals surface area contributed by atoms with Crippen LogP contribution < -0.4 is 0 Å². The van der Waals surface area contributed by atoms with E-state index in [9.17, 15) is 4.79 Å². The van der Waals surface area contributed by atoms with Gasteiger partial charge in [0.05, 0.1) is 6.54 Å². The Bertz CT molecular complexity index is 176. The molecule has 0 spiro atoms. The van der Waals surface area contributed by atoms with E-state index < -0.39 is 0 Å². The van der Waals surface area contributed by atoms with Crippen LogP contribution in [0.2, 0.25) is 0 Å². The maximum atomic E-state index is 11.3. The van der Waals surface area contributed by atoms with Crippen LogP contribution in [0, 0.1) is 5.92 Å². The lowest BCUT2D eigenvalue weighted by Crippen LogP contribution is -2.31. The molecule has 0 aliphatic heterocycles. The Kier molecular flexibility index (Phi) is 5.12. The van der Waals surface area contributed by atoms with E-state index in [0.29, 0.717) is 6.54 Å². The first-order valence-corrected chi connectivity index (χ1v) is 5.41. The van der Waals surface area contributed by atoms with Gasteiger partial charge in [0.15, 0.2) is 5.78 Å². The lowest BCUT2D eigenvalue weighted by molar-refractivity contribution is -0.123. The average molecular weight is 199 g/mol. The Labute approximate surface area is 86.4 Å². The second-order valence-corrected chi connectivity index (χ2v) is 4.32. The van der Waals surface area contributed by atoms with Crippen LogP contribution in [0.3, 0.4) is 0 Å². The molecule has 3 nitrogen and oxygen atoms in total. The Morgan fingerprint density at radius 3 is 2.64 bits per heavy atom. The van der Waals surface area contributed by atoms with E-state index in [-0.39, 0.29) is 12.4 Å². The van der Waals surface area contributed by atoms with Gasteiger partial charge in [0.1, 0.15) is 6.61 Å². The predicted molar refractivity (Wildman–Crippen MR) is 56.3 cm³/mol. The lowest BCUT2D eigenvalue weighted by atomic mass is 10.1. The molecule has 1 fully saturated rings. The van der Waals surface area contributed by atoms with Gasteiger partial charge in [-0.15, -0.1) is 0 Å². The van der Waals surface area contributed by atoms with Gasteiger partial charge in [-0.2, -0.15) is 0 Å². The first-order chi connectivity index (χ1) is 6.72. The van der Waals surface area contributed by atoms with Crippen molar-refractivity contribution in [2.45, 2.75) is 25.7 Å². The Morgan fingerprint density at radius 2 is 2.07 bits per heavy atom. The minimum atomic E-state index is 0.174. The van der Waals surface area contributed by atoms with E-state index in [1.165, 1.54) is 25.7 Å². The number of Topliss-reactive ketones (excluding diaryl/α,β-unsaturated/α-hetero) is 1. The first kappa shape index (κ1) is 11.7. The summed E-state index contributed by atoms with van der Waals surface area (Å²) in [5.74, 6) is 0.989. The number of hydrogen-bond acceptors (Lipinski definition) is 3. The molecule has 0 amide bonds. The molecule has 0 aromatic rings. The van der Waals surface area contributed by atoms with E-state index in [0.717, 1.165) is 12.5 Å². The minimum Gasteiger partial charge on any atom is -0.377 e. The van der Waals surface area contributed by atoms with Gasteiger partial charge >= 0.3 is 0 Å². The molecule has 0 radical (unpaired) electrons. The number of carbonyl (C=O) groups is 1. The van der Waals surface area contributed by atoms with Gasteiger partial charge in [-0.25, -0.2) is 0 Å². The van der Waals surface area contributed by atoms with Crippen LogP contribution in [0.5, 0.6) is 0 Å². The van der Waals surface area contributed by atoms with E-state index in [2.05, 4.69) is 4.90 Å². The van der Waals surface area contributed by atoms with Crippen molar-refractivity contribution in [2.75, 3.05) is 33.9 Å². The predicted octanol–water partition coefficient (Wildman–Crippen LogP) is 1.32. The number of ether oxygens (including phenoxy) is 1. The normalized spacial score (nSPS) is 17.9. The van der Waals surface area contributed by atoms with Gasteiger partial charge in [0, 0.05) is 13.7 Å². The Morgan fingerprint density at radius 1 is 1.43 bits per heavy atom. The Balaban J connectivity index is 2.14. The van der Waals surface area contributed by atoms with Crippen molar-refractivity contribution in [1.82, 2.24) is 4.90 Å². The summed E-state index contributed by atoms with van der Waals surface area (Å²) in [5, 5.41) is 0.